The number of carbonyl (C=O) groups excluding carboxylic acids is 1. The van der Waals surface area contributed by atoms with Gasteiger partial charge in [0, 0.05) is 12.0 Å². The summed E-state index contributed by atoms with van der Waals surface area (Å²) in [6.07, 6.45) is -0.132. The van der Waals surface area contributed by atoms with Gasteiger partial charge in [-0.2, -0.15) is 0 Å². The van der Waals surface area contributed by atoms with Gasteiger partial charge in [-0.05, 0) is 36.8 Å². The first-order chi connectivity index (χ1) is 13.4. The third kappa shape index (κ3) is 4.31. The highest BCUT2D eigenvalue weighted by atomic mass is 32.2. The number of hydrogen-bond acceptors (Lipinski definition) is 4. The summed E-state index contributed by atoms with van der Waals surface area (Å²) in [6, 6.07) is 22.3. The predicted octanol–water partition coefficient (Wildman–Crippen LogP) is 4.79. The number of carbonyl (C=O) groups is 1. The first-order valence-corrected chi connectivity index (χ1v) is 10.5. The summed E-state index contributed by atoms with van der Waals surface area (Å²) in [6.45, 7) is 1.90. The van der Waals surface area contributed by atoms with Gasteiger partial charge in [-0.3, -0.25) is 4.79 Å². The van der Waals surface area contributed by atoms with Crippen LogP contribution in [0.4, 0.5) is 0 Å². The van der Waals surface area contributed by atoms with Crippen molar-refractivity contribution < 1.29 is 17.9 Å². The van der Waals surface area contributed by atoms with Gasteiger partial charge in [-0.15, -0.1) is 0 Å². The van der Waals surface area contributed by atoms with Crippen LogP contribution in [0.3, 0.4) is 0 Å². The zero-order chi connectivity index (χ0) is 20.1. The monoisotopic (exact) mass is 394 g/mol. The number of rotatable bonds is 7. The molecule has 144 valence electrons. The summed E-state index contributed by atoms with van der Waals surface area (Å²) >= 11 is 0. The van der Waals surface area contributed by atoms with Crippen LogP contribution in [0, 0.1) is 6.92 Å². The van der Waals surface area contributed by atoms with Gasteiger partial charge in [0.15, 0.2) is 15.6 Å². The van der Waals surface area contributed by atoms with E-state index in [4.69, 9.17) is 4.74 Å². The summed E-state index contributed by atoms with van der Waals surface area (Å²) in [7, 11) is -2.21. The molecule has 3 rings (SSSR count). The lowest BCUT2D eigenvalue weighted by Crippen LogP contribution is -2.18. The molecule has 0 N–H and O–H groups in total. The van der Waals surface area contributed by atoms with E-state index in [9.17, 15) is 13.2 Å². The molecule has 3 aromatic carbocycles. The minimum atomic E-state index is -3.76. The van der Waals surface area contributed by atoms with Crippen LogP contribution in [0.5, 0.6) is 5.75 Å². The Balaban J connectivity index is 2.02. The van der Waals surface area contributed by atoms with E-state index in [1.807, 2.05) is 13.0 Å². The Kier molecular flexibility index (Phi) is 5.95. The predicted molar refractivity (Wildman–Crippen MR) is 109 cm³/mol. The Morgan fingerprint density at radius 1 is 0.893 bits per heavy atom. The molecule has 0 aromatic heterocycles. The van der Waals surface area contributed by atoms with Crippen LogP contribution in [0.2, 0.25) is 0 Å². The van der Waals surface area contributed by atoms with Gasteiger partial charge in [0.05, 0.1) is 17.3 Å². The molecule has 0 aliphatic heterocycles. The highest BCUT2D eigenvalue weighted by Gasteiger charge is 2.31. The number of methoxy groups -OCH3 is 1. The molecular formula is C23H22O4S. The van der Waals surface area contributed by atoms with Crippen LogP contribution in [0.15, 0.2) is 83.8 Å². The molecule has 1 atom stereocenters. The number of hydrogen-bond donors (Lipinski definition) is 0. The van der Waals surface area contributed by atoms with Crippen molar-refractivity contribution in [3.8, 4) is 5.75 Å². The lowest BCUT2D eigenvalue weighted by atomic mass is 10.0. The number of sulfone groups is 1. The van der Waals surface area contributed by atoms with Crippen LogP contribution in [0.25, 0.3) is 0 Å². The fraction of sp³-hybridized carbons (Fsp3) is 0.174. The molecule has 28 heavy (non-hydrogen) atoms. The molecule has 0 aliphatic rings. The first-order valence-electron chi connectivity index (χ1n) is 8.94. The van der Waals surface area contributed by atoms with E-state index in [0.717, 1.165) is 5.56 Å². The first kappa shape index (κ1) is 19.8. The van der Waals surface area contributed by atoms with Crippen molar-refractivity contribution in [3.63, 3.8) is 0 Å². The van der Waals surface area contributed by atoms with E-state index in [2.05, 4.69) is 0 Å². The van der Waals surface area contributed by atoms with Crippen LogP contribution in [-0.4, -0.2) is 21.3 Å². The number of Topliss-reactive ketones (excluding diaryl/α,β-unsaturated/α-hetero) is 1. The second-order valence-corrected chi connectivity index (χ2v) is 8.74. The number of ether oxygens (including phenoxy) is 1. The molecule has 0 radical (unpaired) electrons. The summed E-state index contributed by atoms with van der Waals surface area (Å²) in [4.78, 5) is 13.0. The zero-order valence-electron chi connectivity index (χ0n) is 15.8. The Morgan fingerprint density at radius 3 is 2.07 bits per heavy atom. The SMILES string of the molecule is COc1ccc([C@H](CC(=O)c2ccccc2)S(=O)(=O)c2ccc(C)cc2)cc1. The molecular weight excluding hydrogens is 372 g/mol. The smallest absolute Gasteiger partial charge is 0.185 e. The lowest BCUT2D eigenvalue weighted by Gasteiger charge is -2.18. The fourth-order valence-corrected chi connectivity index (χ4v) is 4.76. The fourth-order valence-electron chi connectivity index (χ4n) is 3.03. The topological polar surface area (TPSA) is 60.4 Å². The molecule has 3 aromatic rings. The molecule has 0 spiro atoms. The Hall–Kier alpha value is -2.92. The Morgan fingerprint density at radius 2 is 1.50 bits per heavy atom. The van der Waals surface area contributed by atoms with E-state index in [-0.39, 0.29) is 17.1 Å². The molecule has 4 nitrogen and oxygen atoms in total. The quantitative estimate of drug-likeness (QED) is 0.541. The van der Waals surface area contributed by atoms with Crippen molar-refractivity contribution in [2.24, 2.45) is 0 Å². The van der Waals surface area contributed by atoms with Crippen LogP contribution in [-0.2, 0) is 9.84 Å². The van der Waals surface area contributed by atoms with Gasteiger partial charge in [-0.25, -0.2) is 8.42 Å². The zero-order valence-corrected chi connectivity index (χ0v) is 16.6. The second kappa shape index (κ2) is 8.40. The third-order valence-corrected chi connectivity index (χ3v) is 6.80. The third-order valence-electron chi connectivity index (χ3n) is 4.68. The van der Waals surface area contributed by atoms with Crippen molar-refractivity contribution >= 4 is 15.6 Å². The van der Waals surface area contributed by atoms with Crippen LogP contribution < -0.4 is 4.74 Å². The number of aryl methyl sites for hydroxylation is 1. The van der Waals surface area contributed by atoms with E-state index in [0.29, 0.717) is 16.9 Å². The van der Waals surface area contributed by atoms with Gasteiger partial charge in [0.25, 0.3) is 0 Å². The normalized spacial score (nSPS) is 12.4. The van der Waals surface area contributed by atoms with Crippen molar-refractivity contribution in [1.29, 1.82) is 0 Å². The maximum absolute atomic E-state index is 13.4. The van der Waals surface area contributed by atoms with E-state index in [1.165, 1.54) is 0 Å². The lowest BCUT2D eigenvalue weighted by molar-refractivity contribution is 0.0980. The molecule has 0 heterocycles. The standard InChI is InChI=1S/C23H22O4S/c1-17-8-14-21(15-9-17)28(25,26)23(19-10-12-20(27-2)13-11-19)16-22(24)18-6-4-3-5-7-18/h3-15,23H,16H2,1-2H3/t23-/m0/s1. The number of benzene rings is 3. The molecule has 0 fully saturated rings. The van der Waals surface area contributed by atoms with Gasteiger partial charge in [-0.1, -0.05) is 60.2 Å². The summed E-state index contributed by atoms with van der Waals surface area (Å²) in [5.74, 6) is 0.418. The molecule has 0 saturated heterocycles. The summed E-state index contributed by atoms with van der Waals surface area (Å²) < 4.78 is 31.9. The second-order valence-electron chi connectivity index (χ2n) is 6.61. The maximum Gasteiger partial charge on any atom is 0.185 e. The highest BCUT2D eigenvalue weighted by Crippen LogP contribution is 2.34. The number of ketones is 1. The molecule has 0 aliphatic carbocycles. The van der Waals surface area contributed by atoms with Gasteiger partial charge >= 0.3 is 0 Å². The molecule has 0 bridgehead atoms. The Labute approximate surface area is 165 Å². The largest absolute Gasteiger partial charge is 0.497 e. The van der Waals surface area contributed by atoms with E-state index >= 15 is 0 Å². The molecule has 0 unspecified atom stereocenters. The molecule has 0 amide bonds. The van der Waals surface area contributed by atoms with Crippen molar-refractivity contribution in [2.45, 2.75) is 23.5 Å². The van der Waals surface area contributed by atoms with Gasteiger partial charge in [0.1, 0.15) is 5.75 Å². The average Bonchev–Trinajstić information content (AvgIpc) is 2.73. The minimum Gasteiger partial charge on any atom is -0.497 e. The van der Waals surface area contributed by atoms with Crippen molar-refractivity contribution in [2.75, 3.05) is 7.11 Å². The van der Waals surface area contributed by atoms with Crippen molar-refractivity contribution in [3.05, 3.63) is 95.6 Å². The van der Waals surface area contributed by atoms with Gasteiger partial charge < -0.3 is 4.74 Å². The van der Waals surface area contributed by atoms with E-state index < -0.39 is 15.1 Å². The Bertz CT molecular complexity index is 1040. The molecule has 5 heteroatoms. The highest BCUT2D eigenvalue weighted by molar-refractivity contribution is 7.91. The maximum atomic E-state index is 13.4. The van der Waals surface area contributed by atoms with Gasteiger partial charge in [0.2, 0.25) is 0 Å². The average molecular weight is 394 g/mol. The van der Waals surface area contributed by atoms with Crippen LogP contribution in [0.1, 0.15) is 33.2 Å². The van der Waals surface area contributed by atoms with E-state index in [1.54, 1.807) is 79.9 Å². The minimum absolute atomic E-state index is 0.132. The molecule has 0 saturated carbocycles. The van der Waals surface area contributed by atoms with Crippen molar-refractivity contribution in [1.82, 2.24) is 0 Å². The summed E-state index contributed by atoms with van der Waals surface area (Å²) in [5, 5.41) is -0.978. The summed E-state index contributed by atoms with van der Waals surface area (Å²) in [5.41, 5.74) is 2.03. The van der Waals surface area contributed by atoms with Crippen LogP contribution >= 0.6 is 0 Å².